The number of nitrogens with zero attached hydrogens (tertiary/aromatic N) is 1. The molecule has 0 aromatic carbocycles. The molecule has 0 aliphatic carbocycles. The van der Waals surface area contributed by atoms with Gasteiger partial charge in [-0.05, 0) is 39.0 Å². The van der Waals surface area contributed by atoms with Crippen molar-refractivity contribution in [3.8, 4) is 0 Å². The molecule has 3 unspecified atom stereocenters. The third-order valence-corrected chi connectivity index (χ3v) is 4.22. The number of piperidine rings is 1. The molecular weight excluding hydrogens is 246 g/mol. The van der Waals surface area contributed by atoms with E-state index in [1.165, 1.54) is 0 Å². The molecule has 2 aliphatic rings. The molecule has 108 valence electrons. The molecule has 2 aliphatic heterocycles. The lowest BCUT2D eigenvalue weighted by atomic mass is 9.91. The van der Waals surface area contributed by atoms with Crippen LogP contribution in [0.15, 0.2) is 0 Å². The van der Waals surface area contributed by atoms with Gasteiger partial charge in [0.25, 0.3) is 0 Å². The van der Waals surface area contributed by atoms with Crippen molar-refractivity contribution < 1.29 is 19.4 Å². The number of carbonyl (C=O) groups is 2. The first-order valence-electron chi connectivity index (χ1n) is 7.22. The average Bonchev–Trinajstić information content (AvgIpc) is 2.39. The number of ether oxygens (including phenoxy) is 1. The third-order valence-electron chi connectivity index (χ3n) is 4.22. The second kappa shape index (κ2) is 6.37. The van der Waals surface area contributed by atoms with E-state index in [1.807, 2.05) is 11.8 Å². The summed E-state index contributed by atoms with van der Waals surface area (Å²) < 4.78 is 5.59. The van der Waals surface area contributed by atoms with Crippen molar-refractivity contribution in [3.63, 3.8) is 0 Å². The number of rotatable bonds is 3. The maximum absolute atomic E-state index is 12.3. The zero-order chi connectivity index (χ0) is 13.8. The second-order valence-corrected chi connectivity index (χ2v) is 5.69. The summed E-state index contributed by atoms with van der Waals surface area (Å²) in [4.78, 5) is 25.1. The number of carbonyl (C=O) groups excluding carboxylic acids is 1. The Morgan fingerprint density at radius 2 is 2.11 bits per heavy atom. The number of aliphatic carboxylic acids is 1. The normalized spacial score (nSPS) is 32.1. The van der Waals surface area contributed by atoms with E-state index in [9.17, 15) is 9.59 Å². The van der Waals surface area contributed by atoms with Gasteiger partial charge in [0, 0.05) is 19.2 Å². The first-order chi connectivity index (χ1) is 9.08. The molecule has 0 radical (unpaired) electrons. The largest absolute Gasteiger partial charge is 0.481 e. The van der Waals surface area contributed by atoms with Crippen LogP contribution in [-0.2, 0) is 14.3 Å². The molecule has 0 spiro atoms. The number of likely N-dealkylation sites (tertiary alicyclic amines) is 1. The zero-order valence-corrected chi connectivity index (χ0v) is 11.5. The molecule has 5 nitrogen and oxygen atoms in total. The molecule has 2 heterocycles. The lowest BCUT2D eigenvalue weighted by molar-refractivity contribution is -0.148. The third kappa shape index (κ3) is 3.69. The molecule has 5 heteroatoms. The summed E-state index contributed by atoms with van der Waals surface area (Å²) in [6, 6.07) is 0.0194. The van der Waals surface area contributed by atoms with E-state index in [0.717, 1.165) is 25.9 Å². The Kier molecular flexibility index (Phi) is 4.80. The Labute approximate surface area is 113 Å². The van der Waals surface area contributed by atoms with E-state index in [-0.39, 0.29) is 24.0 Å². The van der Waals surface area contributed by atoms with Gasteiger partial charge in [0.15, 0.2) is 0 Å². The minimum Gasteiger partial charge on any atom is -0.481 e. The maximum Gasteiger partial charge on any atom is 0.306 e. The highest BCUT2D eigenvalue weighted by Gasteiger charge is 2.33. The number of hydrogen-bond acceptors (Lipinski definition) is 3. The van der Waals surface area contributed by atoms with Crippen molar-refractivity contribution in [2.45, 2.75) is 57.6 Å². The predicted octanol–water partition coefficient (Wildman–Crippen LogP) is 1.66. The molecular formula is C14H23NO4. The Morgan fingerprint density at radius 3 is 2.68 bits per heavy atom. The summed E-state index contributed by atoms with van der Waals surface area (Å²) in [5.74, 6) is -0.928. The highest BCUT2D eigenvalue weighted by Crippen LogP contribution is 2.25. The van der Waals surface area contributed by atoms with Crippen molar-refractivity contribution in [1.82, 2.24) is 4.90 Å². The summed E-state index contributed by atoms with van der Waals surface area (Å²) in [6.45, 7) is 3.26. The van der Waals surface area contributed by atoms with Crippen LogP contribution >= 0.6 is 0 Å². The lowest BCUT2D eigenvalue weighted by Gasteiger charge is -2.37. The van der Waals surface area contributed by atoms with Crippen LogP contribution in [0.2, 0.25) is 0 Å². The van der Waals surface area contributed by atoms with E-state index < -0.39 is 5.97 Å². The van der Waals surface area contributed by atoms with Gasteiger partial charge in [0.05, 0.1) is 18.4 Å². The van der Waals surface area contributed by atoms with Crippen LogP contribution < -0.4 is 0 Å². The Hall–Kier alpha value is -1.10. The fraction of sp³-hybridized carbons (Fsp3) is 0.857. The standard InChI is InChI=1S/C14H23NO4/c1-10-8-11(14(17)18)5-6-15(10)13(16)9-12-4-2-3-7-19-12/h10-12H,2-9H2,1H3,(H,17,18). The molecule has 0 aromatic rings. The van der Waals surface area contributed by atoms with Crippen LogP contribution in [0, 0.1) is 5.92 Å². The van der Waals surface area contributed by atoms with Crippen LogP contribution in [0.4, 0.5) is 0 Å². The molecule has 1 N–H and O–H groups in total. The number of amides is 1. The van der Waals surface area contributed by atoms with Gasteiger partial charge < -0.3 is 14.7 Å². The molecule has 3 atom stereocenters. The highest BCUT2D eigenvalue weighted by atomic mass is 16.5. The summed E-state index contributed by atoms with van der Waals surface area (Å²) in [7, 11) is 0. The van der Waals surface area contributed by atoms with E-state index >= 15 is 0 Å². The first kappa shape index (κ1) is 14.3. The maximum atomic E-state index is 12.3. The van der Waals surface area contributed by atoms with Crippen LogP contribution in [-0.4, -0.2) is 47.2 Å². The molecule has 19 heavy (non-hydrogen) atoms. The van der Waals surface area contributed by atoms with E-state index in [0.29, 0.717) is 25.8 Å². The van der Waals surface area contributed by atoms with Crippen molar-refractivity contribution >= 4 is 11.9 Å². The summed E-state index contributed by atoms with van der Waals surface area (Å²) in [5.41, 5.74) is 0. The first-order valence-corrected chi connectivity index (χ1v) is 7.22. The van der Waals surface area contributed by atoms with E-state index in [2.05, 4.69) is 0 Å². The van der Waals surface area contributed by atoms with Gasteiger partial charge in [-0.25, -0.2) is 0 Å². The fourth-order valence-electron chi connectivity index (χ4n) is 3.05. The fourth-order valence-corrected chi connectivity index (χ4v) is 3.05. The van der Waals surface area contributed by atoms with E-state index in [1.54, 1.807) is 0 Å². The molecule has 0 saturated carbocycles. The van der Waals surface area contributed by atoms with Gasteiger partial charge in [0.2, 0.25) is 5.91 Å². The molecule has 0 bridgehead atoms. The van der Waals surface area contributed by atoms with Gasteiger partial charge in [0.1, 0.15) is 0 Å². The SMILES string of the molecule is CC1CC(C(=O)O)CCN1C(=O)CC1CCCCO1. The molecule has 2 rings (SSSR count). The minimum atomic E-state index is -0.741. The molecule has 2 saturated heterocycles. The summed E-state index contributed by atoms with van der Waals surface area (Å²) in [5, 5.41) is 9.02. The van der Waals surface area contributed by atoms with E-state index in [4.69, 9.17) is 9.84 Å². The van der Waals surface area contributed by atoms with Crippen molar-refractivity contribution in [2.24, 2.45) is 5.92 Å². The van der Waals surface area contributed by atoms with Crippen LogP contribution in [0.5, 0.6) is 0 Å². The lowest BCUT2D eigenvalue weighted by Crippen LogP contribution is -2.47. The smallest absolute Gasteiger partial charge is 0.306 e. The predicted molar refractivity (Wildman–Crippen MR) is 69.7 cm³/mol. The number of carboxylic acid groups (broad SMARTS) is 1. The Bertz CT molecular complexity index is 338. The van der Waals surface area contributed by atoms with Crippen molar-refractivity contribution in [1.29, 1.82) is 0 Å². The van der Waals surface area contributed by atoms with Crippen LogP contribution in [0.1, 0.15) is 45.4 Å². The number of hydrogen-bond donors (Lipinski definition) is 1. The van der Waals surface area contributed by atoms with Gasteiger partial charge in [-0.2, -0.15) is 0 Å². The van der Waals surface area contributed by atoms with Gasteiger partial charge >= 0.3 is 5.97 Å². The average molecular weight is 269 g/mol. The summed E-state index contributed by atoms with van der Waals surface area (Å²) >= 11 is 0. The molecule has 0 aromatic heterocycles. The zero-order valence-electron chi connectivity index (χ0n) is 11.5. The van der Waals surface area contributed by atoms with Gasteiger partial charge in [-0.3, -0.25) is 9.59 Å². The van der Waals surface area contributed by atoms with Gasteiger partial charge in [-0.1, -0.05) is 0 Å². The van der Waals surface area contributed by atoms with Crippen LogP contribution in [0.25, 0.3) is 0 Å². The molecule has 2 fully saturated rings. The Balaban J connectivity index is 1.84. The van der Waals surface area contributed by atoms with Crippen LogP contribution in [0.3, 0.4) is 0 Å². The Morgan fingerprint density at radius 1 is 1.32 bits per heavy atom. The minimum absolute atomic E-state index is 0.0194. The van der Waals surface area contributed by atoms with Gasteiger partial charge in [-0.15, -0.1) is 0 Å². The van der Waals surface area contributed by atoms with Crippen molar-refractivity contribution in [3.05, 3.63) is 0 Å². The topological polar surface area (TPSA) is 66.8 Å². The summed E-state index contributed by atoms with van der Waals surface area (Å²) in [6.07, 6.45) is 4.82. The quantitative estimate of drug-likeness (QED) is 0.846. The van der Waals surface area contributed by atoms with Crippen molar-refractivity contribution in [2.75, 3.05) is 13.2 Å². The second-order valence-electron chi connectivity index (χ2n) is 5.69. The molecule has 1 amide bonds. The number of carboxylic acids is 1. The highest BCUT2D eigenvalue weighted by molar-refractivity contribution is 5.78. The monoisotopic (exact) mass is 269 g/mol.